The first kappa shape index (κ1) is 26.4. The van der Waals surface area contributed by atoms with Gasteiger partial charge in [0.2, 0.25) is 0 Å². The molecule has 0 bridgehead atoms. The Morgan fingerprint density at radius 1 is 1.15 bits per heavy atom. The van der Waals surface area contributed by atoms with E-state index in [0.29, 0.717) is 31.5 Å². The molecule has 5 aliphatic rings. The van der Waals surface area contributed by atoms with Gasteiger partial charge in [-0.2, -0.15) is 0 Å². The number of aliphatic hydroxyl groups is 1. The zero-order chi connectivity index (χ0) is 27.4. The van der Waals surface area contributed by atoms with Gasteiger partial charge in [0.25, 0.3) is 0 Å². The van der Waals surface area contributed by atoms with Crippen molar-refractivity contribution in [2.75, 3.05) is 45.3 Å². The molecule has 0 spiro atoms. The first-order valence-electron chi connectivity index (χ1n) is 14.7. The highest BCUT2D eigenvalue weighted by atomic mass is 16.5. The fourth-order valence-electron chi connectivity index (χ4n) is 8.34. The number of carbonyl (C=O) groups is 1. The Labute approximate surface area is 233 Å². The van der Waals surface area contributed by atoms with E-state index in [4.69, 9.17) is 4.74 Å². The second-order valence-corrected chi connectivity index (χ2v) is 12.6. The molecule has 0 radical (unpaired) electrons. The van der Waals surface area contributed by atoms with Crippen molar-refractivity contribution in [3.8, 4) is 11.8 Å². The van der Waals surface area contributed by atoms with Gasteiger partial charge in [0.1, 0.15) is 5.60 Å². The van der Waals surface area contributed by atoms with Crippen molar-refractivity contribution in [3.63, 3.8) is 0 Å². The topological polar surface area (TPSA) is 53.0 Å². The van der Waals surface area contributed by atoms with Crippen molar-refractivity contribution in [1.82, 2.24) is 4.90 Å². The van der Waals surface area contributed by atoms with E-state index in [0.717, 1.165) is 50.8 Å². The maximum Gasteiger partial charge on any atom is 0.183 e. The number of hydrogen-bond donors (Lipinski definition) is 1. The second-order valence-electron chi connectivity index (χ2n) is 12.6. The maximum absolute atomic E-state index is 13.2. The molecular weight excluding hydrogens is 484 g/mol. The number of rotatable bonds is 3. The standard InChI is InChI=1S/C34H42N2O3/c1-5-13-34(38)14-12-30-27-11-8-24-20-31(37)25(22-36-15-17-39-18-16-36)19-28(24)32(27)29(21-33(30,34)2)23-6-9-26(10-7-23)35(3)4/h6-7,9-10,20,22,27,29-30,38H,8,11-12,14-19,21H2,1-4H3/b25-22-/t27-,29+,30-,33-,34-/m0/s1. The van der Waals surface area contributed by atoms with E-state index in [9.17, 15) is 9.90 Å². The van der Waals surface area contributed by atoms with Crippen LogP contribution in [0.25, 0.3) is 0 Å². The van der Waals surface area contributed by atoms with Crippen molar-refractivity contribution in [1.29, 1.82) is 0 Å². The molecule has 39 heavy (non-hydrogen) atoms. The van der Waals surface area contributed by atoms with Gasteiger partial charge in [-0.1, -0.05) is 30.6 Å². The van der Waals surface area contributed by atoms with Crippen LogP contribution in [0.3, 0.4) is 0 Å². The summed E-state index contributed by atoms with van der Waals surface area (Å²) < 4.78 is 5.53. The van der Waals surface area contributed by atoms with Crippen LogP contribution in [0.4, 0.5) is 5.69 Å². The number of ether oxygens (including phenoxy) is 1. The van der Waals surface area contributed by atoms with Gasteiger partial charge >= 0.3 is 0 Å². The molecule has 1 aromatic carbocycles. The molecule has 0 unspecified atom stereocenters. The summed E-state index contributed by atoms with van der Waals surface area (Å²) in [5.41, 5.74) is 6.34. The van der Waals surface area contributed by atoms with Crippen LogP contribution in [0.5, 0.6) is 0 Å². The number of anilines is 1. The highest BCUT2D eigenvalue weighted by Gasteiger charge is 2.62. The highest BCUT2D eigenvalue weighted by molar-refractivity contribution is 6.06. The predicted molar refractivity (Wildman–Crippen MR) is 155 cm³/mol. The molecule has 3 fully saturated rings. The van der Waals surface area contributed by atoms with Gasteiger partial charge in [0.15, 0.2) is 5.78 Å². The molecule has 6 rings (SSSR count). The zero-order valence-electron chi connectivity index (χ0n) is 23.9. The number of nitrogens with zero attached hydrogens (tertiary/aromatic N) is 2. The Bertz CT molecular complexity index is 1300. The third-order valence-electron chi connectivity index (χ3n) is 10.4. The molecule has 4 aliphatic carbocycles. The molecule has 1 N–H and O–H groups in total. The average Bonchev–Trinajstić information content (AvgIpc) is 3.19. The van der Waals surface area contributed by atoms with Gasteiger partial charge in [0, 0.05) is 62.4 Å². The van der Waals surface area contributed by atoms with Gasteiger partial charge in [-0.3, -0.25) is 4.79 Å². The van der Waals surface area contributed by atoms with Crippen molar-refractivity contribution in [2.45, 2.75) is 63.9 Å². The lowest BCUT2D eigenvalue weighted by Gasteiger charge is -2.53. The van der Waals surface area contributed by atoms with E-state index in [1.54, 1.807) is 0 Å². The van der Waals surface area contributed by atoms with E-state index < -0.39 is 5.60 Å². The summed E-state index contributed by atoms with van der Waals surface area (Å²) in [5.74, 6) is 7.50. The summed E-state index contributed by atoms with van der Waals surface area (Å²) in [6, 6.07) is 8.99. The van der Waals surface area contributed by atoms with Crippen molar-refractivity contribution >= 4 is 11.5 Å². The van der Waals surface area contributed by atoms with Crippen LogP contribution in [0.15, 0.2) is 58.8 Å². The quantitative estimate of drug-likeness (QED) is 0.432. The van der Waals surface area contributed by atoms with E-state index in [1.807, 2.05) is 13.0 Å². The molecule has 1 heterocycles. The van der Waals surface area contributed by atoms with Gasteiger partial charge in [0.05, 0.1) is 13.2 Å². The number of carbonyl (C=O) groups excluding carboxylic acids is 1. The third kappa shape index (κ3) is 4.37. The van der Waals surface area contributed by atoms with Gasteiger partial charge in [-0.05, 0) is 85.8 Å². The minimum absolute atomic E-state index is 0.167. The fourth-order valence-corrected chi connectivity index (χ4v) is 8.34. The molecule has 0 amide bonds. The number of allylic oxidation sites excluding steroid dienone is 5. The first-order valence-corrected chi connectivity index (χ1v) is 14.7. The van der Waals surface area contributed by atoms with Gasteiger partial charge in [-0.25, -0.2) is 0 Å². The Morgan fingerprint density at radius 3 is 2.59 bits per heavy atom. The minimum atomic E-state index is -0.954. The Balaban J connectivity index is 1.48. The SMILES string of the molecule is CC#C[C@]1(O)CC[C@H]2[C@@H]3CCC4=CC(=O)/C(=C\N5CCOCC5)CC4=C3[C@@H](c3ccc(N(C)C)cc3)C[C@@]21C. The largest absolute Gasteiger partial charge is 0.378 e. The molecule has 5 heteroatoms. The highest BCUT2D eigenvalue weighted by Crippen LogP contribution is 2.66. The Hall–Kier alpha value is -2.81. The normalized spacial score (nSPS) is 35.1. The van der Waals surface area contributed by atoms with Crippen LogP contribution in [0, 0.1) is 29.1 Å². The van der Waals surface area contributed by atoms with Crippen LogP contribution in [-0.2, 0) is 9.53 Å². The number of morpholine rings is 1. The van der Waals surface area contributed by atoms with E-state index in [1.165, 1.54) is 28.0 Å². The maximum atomic E-state index is 13.2. The van der Waals surface area contributed by atoms with Crippen LogP contribution in [0.2, 0.25) is 0 Å². The summed E-state index contributed by atoms with van der Waals surface area (Å²) in [4.78, 5) is 17.6. The molecule has 1 aliphatic heterocycles. The summed E-state index contributed by atoms with van der Waals surface area (Å²) in [7, 11) is 4.15. The van der Waals surface area contributed by atoms with Crippen LogP contribution in [0.1, 0.15) is 63.9 Å². The molecule has 1 aromatic rings. The lowest BCUT2D eigenvalue weighted by molar-refractivity contribution is -0.111. The summed E-state index contributed by atoms with van der Waals surface area (Å²) in [6.45, 7) is 7.24. The van der Waals surface area contributed by atoms with Crippen LogP contribution in [-0.4, -0.2) is 61.8 Å². The molecular formula is C34H42N2O3. The van der Waals surface area contributed by atoms with Gasteiger partial charge in [-0.15, -0.1) is 5.92 Å². The zero-order valence-corrected chi connectivity index (χ0v) is 23.9. The van der Waals surface area contributed by atoms with Crippen LogP contribution >= 0.6 is 0 Å². The molecule has 0 aromatic heterocycles. The number of hydrogen-bond acceptors (Lipinski definition) is 5. The molecule has 2 saturated carbocycles. The lowest BCUT2D eigenvalue weighted by atomic mass is 9.51. The molecule has 5 atom stereocenters. The van der Waals surface area contributed by atoms with Gasteiger partial charge < -0.3 is 19.6 Å². The third-order valence-corrected chi connectivity index (χ3v) is 10.4. The molecule has 5 nitrogen and oxygen atoms in total. The smallest absolute Gasteiger partial charge is 0.183 e. The van der Waals surface area contributed by atoms with Crippen molar-refractivity contribution < 1.29 is 14.6 Å². The summed E-state index contributed by atoms with van der Waals surface area (Å²) in [6.07, 6.45) is 9.36. The lowest BCUT2D eigenvalue weighted by Crippen LogP contribution is -2.51. The number of fused-ring (bicyclic) bond motifs is 4. The monoisotopic (exact) mass is 526 g/mol. The fraction of sp³-hybridized carbons (Fsp3) is 0.559. The summed E-state index contributed by atoms with van der Waals surface area (Å²) in [5, 5.41) is 11.9. The molecule has 206 valence electrons. The second kappa shape index (κ2) is 9.98. The Morgan fingerprint density at radius 2 is 1.90 bits per heavy atom. The van der Waals surface area contributed by atoms with Crippen LogP contribution < -0.4 is 4.90 Å². The van der Waals surface area contributed by atoms with Crippen molar-refractivity contribution in [2.24, 2.45) is 17.3 Å². The minimum Gasteiger partial charge on any atom is -0.378 e. The van der Waals surface area contributed by atoms with E-state index in [2.05, 4.69) is 73.1 Å². The number of benzene rings is 1. The van der Waals surface area contributed by atoms with E-state index >= 15 is 0 Å². The van der Waals surface area contributed by atoms with Crippen molar-refractivity contribution in [3.05, 3.63) is 64.4 Å². The van der Waals surface area contributed by atoms with E-state index in [-0.39, 0.29) is 17.1 Å². The average molecular weight is 527 g/mol. The Kier molecular flexibility index (Phi) is 6.76. The first-order chi connectivity index (χ1) is 18.7. The predicted octanol–water partition coefficient (Wildman–Crippen LogP) is 5.23. The number of ketones is 1. The summed E-state index contributed by atoms with van der Waals surface area (Å²) >= 11 is 0. The molecule has 1 saturated heterocycles.